The van der Waals surface area contributed by atoms with Gasteiger partial charge < -0.3 is 24.0 Å². The van der Waals surface area contributed by atoms with Gasteiger partial charge in [0.25, 0.3) is 11.8 Å². The van der Waals surface area contributed by atoms with Crippen molar-refractivity contribution in [3.8, 4) is 17.2 Å². The number of benzene rings is 2. The van der Waals surface area contributed by atoms with Gasteiger partial charge in [-0.15, -0.1) is 0 Å². The van der Waals surface area contributed by atoms with Crippen LogP contribution in [0.15, 0.2) is 30.3 Å². The van der Waals surface area contributed by atoms with Gasteiger partial charge in [0.15, 0.2) is 18.1 Å². The van der Waals surface area contributed by atoms with E-state index in [1.54, 1.807) is 28.0 Å². The molecule has 0 saturated carbocycles. The van der Waals surface area contributed by atoms with Gasteiger partial charge in [0.1, 0.15) is 5.75 Å². The number of rotatable bonds is 4. The van der Waals surface area contributed by atoms with Crippen molar-refractivity contribution in [2.75, 3.05) is 39.6 Å². The second kappa shape index (κ2) is 8.44. The second-order valence-electron chi connectivity index (χ2n) is 7.40. The Hall–Kier alpha value is -2.93. The van der Waals surface area contributed by atoms with Crippen molar-refractivity contribution in [1.29, 1.82) is 0 Å². The minimum atomic E-state index is -0.101. The zero-order valence-corrected chi connectivity index (χ0v) is 17.7. The van der Waals surface area contributed by atoms with Gasteiger partial charge in [-0.05, 0) is 55.3 Å². The maximum absolute atomic E-state index is 12.8. The number of piperazine rings is 1. The van der Waals surface area contributed by atoms with E-state index in [-0.39, 0.29) is 25.2 Å². The molecule has 0 spiro atoms. The molecule has 30 heavy (non-hydrogen) atoms. The molecule has 0 unspecified atom stereocenters. The number of hydrogen-bond donors (Lipinski definition) is 0. The third-order valence-corrected chi connectivity index (χ3v) is 5.91. The van der Waals surface area contributed by atoms with Gasteiger partial charge in [-0.1, -0.05) is 11.6 Å². The molecule has 4 rings (SSSR count). The van der Waals surface area contributed by atoms with Crippen LogP contribution >= 0.6 is 11.6 Å². The predicted octanol–water partition coefficient (Wildman–Crippen LogP) is 3.05. The molecule has 8 heteroatoms. The topological polar surface area (TPSA) is 68.3 Å². The van der Waals surface area contributed by atoms with Crippen LogP contribution < -0.4 is 14.2 Å². The lowest BCUT2D eigenvalue weighted by Crippen LogP contribution is -2.51. The third kappa shape index (κ3) is 4.16. The molecule has 0 atom stereocenters. The normalized spacial score (nSPS) is 15.3. The van der Waals surface area contributed by atoms with E-state index in [1.807, 2.05) is 26.0 Å². The predicted molar refractivity (Wildman–Crippen MR) is 111 cm³/mol. The van der Waals surface area contributed by atoms with E-state index < -0.39 is 0 Å². The van der Waals surface area contributed by atoms with Gasteiger partial charge in [0.05, 0.1) is 0 Å². The summed E-state index contributed by atoms with van der Waals surface area (Å²) in [6.07, 6.45) is 0. The molecule has 158 valence electrons. The molecule has 2 amide bonds. The fourth-order valence-electron chi connectivity index (χ4n) is 3.60. The molecule has 2 heterocycles. The average molecular weight is 431 g/mol. The molecular formula is C22H23ClN2O5. The van der Waals surface area contributed by atoms with E-state index >= 15 is 0 Å². The number of carbonyl (C=O) groups excluding carboxylic acids is 2. The Morgan fingerprint density at radius 2 is 1.60 bits per heavy atom. The van der Waals surface area contributed by atoms with Gasteiger partial charge in [-0.3, -0.25) is 9.59 Å². The molecule has 0 aliphatic carbocycles. The van der Waals surface area contributed by atoms with Crippen LogP contribution in [0.4, 0.5) is 0 Å². The number of fused-ring (bicyclic) bond motifs is 1. The molecule has 1 saturated heterocycles. The van der Waals surface area contributed by atoms with Gasteiger partial charge in [0, 0.05) is 36.8 Å². The van der Waals surface area contributed by atoms with E-state index in [2.05, 4.69) is 0 Å². The van der Waals surface area contributed by atoms with Crippen molar-refractivity contribution >= 4 is 23.4 Å². The Bertz CT molecular complexity index is 962. The van der Waals surface area contributed by atoms with Crippen LogP contribution in [-0.4, -0.2) is 61.2 Å². The average Bonchev–Trinajstić information content (AvgIpc) is 3.23. The fourth-order valence-corrected chi connectivity index (χ4v) is 3.71. The summed E-state index contributed by atoms with van der Waals surface area (Å²) in [5, 5.41) is 0.705. The number of hydrogen-bond acceptors (Lipinski definition) is 5. The lowest BCUT2D eigenvalue weighted by molar-refractivity contribution is -0.134. The Labute approximate surface area is 180 Å². The maximum atomic E-state index is 12.8. The summed E-state index contributed by atoms with van der Waals surface area (Å²) in [5.41, 5.74) is 2.38. The van der Waals surface area contributed by atoms with Crippen molar-refractivity contribution < 1.29 is 23.8 Å². The third-order valence-electron chi connectivity index (χ3n) is 5.31. The molecule has 0 aromatic heterocycles. The maximum Gasteiger partial charge on any atom is 0.260 e. The molecule has 7 nitrogen and oxygen atoms in total. The fraction of sp³-hybridized carbons (Fsp3) is 0.364. The van der Waals surface area contributed by atoms with Gasteiger partial charge in [-0.25, -0.2) is 0 Å². The number of nitrogens with zero attached hydrogens (tertiary/aromatic N) is 2. The summed E-state index contributed by atoms with van der Waals surface area (Å²) >= 11 is 6.17. The van der Waals surface area contributed by atoms with E-state index in [4.69, 9.17) is 25.8 Å². The Morgan fingerprint density at radius 3 is 2.30 bits per heavy atom. The summed E-state index contributed by atoms with van der Waals surface area (Å²) in [6.45, 7) is 5.81. The number of aryl methyl sites for hydroxylation is 2. The molecule has 2 aliphatic rings. The number of carbonyl (C=O) groups is 2. The molecule has 2 aliphatic heterocycles. The quantitative estimate of drug-likeness (QED) is 0.745. The highest BCUT2D eigenvalue weighted by molar-refractivity contribution is 6.32. The Balaban J connectivity index is 1.29. The first-order valence-corrected chi connectivity index (χ1v) is 10.2. The zero-order valence-electron chi connectivity index (χ0n) is 16.9. The lowest BCUT2D eigenvalue weighted by atomic mass is 10.1. The van der Waals surface area contributed by atoms with E-state index in [1.165, 1.54) is 0 Å². The van der Waals surface area contributed by atoms with Crippen molar-refractivity contribution in [2.45, 2.75) is 13.8 Å². The SMILES string of the molecule is Cc1cc(OCC(=O)N2CCN(C(=O)c3ccc4c(c3)OCO4)CC2)cc(C)c1Cl. The summed E-state index contributed by atoms with van der Waals surface area (Å²) in [5.74, 6) is 1.67. The highest BCUT2D eigenvalue weighted by Crippen LogP contribution is 2.33. The van der Waals surface area contributed by atoms with Gasteiger partial charge in [-0.2, -0.15) is 0 Å². The molecule has 1 fully saturated rings. The highest BCUT2D eigenvalue weighted by atomic mass is 35.5. The van der Waals surface area contributed by atoms with Crippen LogP contribution in [0.5, 0.6) is 17.2 Å². The Kier molecular flexibility index (Phi) is 5.72. The molecule has 2 aromatic carbocycles. The van der Waals surface area contributed by atoms with Crippen molar-refractivity contribution in [2.24, 2.45) is 0 Å². The van der Waals surface area contributed by atoms with Crippen molar-refractivity contribution in [3.63, 3.8) is 0 Å². The minimum Gasteiger partial charge on any atom is -0.484 e. The summed E-state index contributed by atoms with van der Waals surface area (Å²) in [4.78, 5) is 28.8. The van der Waals surface area contributed by atoms with E-state index in [0.717, 1.165) is 11.1 Å². The van der Waals surface area contributed by atoms with Crippen LogP contribution in [0.2, 0.25) is 5.02 Å². The van der Waals surface area contributed by atoms with E-state index in [0.29, 0.717) is 54.0 Å². The molecule has 0 radical (unpaired) electrons. The monoisotopic (exact) mass is 430 g/mol. The summed E-state index contributed by atoms with van der Waals surface area (Å²) in [6, 6.07) is 8.82. The first-order chi connectivity index (χ1) is 14.4. The minimum absolute atomic E-state index is 0.0450. The van der Waals surface area contributed by atoms with Crippen molar-refractivity contribution in [3.05, 3.63) is 52.0 Å². The van der Waals surface area contributed by atoms with Crippen LogP contribution in [0.25, 0.3) is 0 Å². The molecule has 0 N–H and O–H groups in total. The smallest absolute Gasteiger partial charge is 0.260 e. The highest BCUT2D eigenvalue weighted by Gasteiger charge is 2.26. The Morgan fingerprint density at radius 1 is 0.967 bits per heavy atom. The zero-order chi connectivity index (χ0) is 21.3. The summed E-state index contributed by atoms with van der Waals surface area (Å²) < 4.78 is 16.3. The van der Waals surface area contributed by atoms with Gasteiger partial charge >= 0.3 is 0 Å². The molecule has 2 aromatic rings. The lowest BCUT2D eigenvalue weighted by Gasteiger charge is -2.34. The van der Waals surface area contributed by atoms with Gasteiger partial charge in [0.2, 0.25) is 6.79 Å². The van der Waals surface area contributed by atoms with Crippen LogP contribution in [0, 0.1) is 13.8 Å². The first kappa shape index (κ1) is 20.3. The van der Waals surface area contributed by atoms with Crippen LogP contribution in [-0.2, 0) is 4.79 Å². The largest absolute Gasteiger partial charge is 0.484 e. The number of halogens is 1. The second-order valence-corrected chi connectivity index (χ2v) is 7.78. The number of ether oxygens (including phenoxy) is 3. The van der Waals surface area contributed by atoms with Crippen LogP contribution in [0.3, 0.4) is 0 Å². The first-order valence-electron chi connectivity index (χ1n) is 9.78. The molecular weight excluding hydrogens is 408 g/mol. The standard InChI is InChI=1S/C22H23ClN2O5/c1-14-9-17(10-15(2)21(14)23)28-12-20(26)24-5-7-25(8-6-24)22(27)16-3-4-18-19(11-16)30-13-29-18/h3-4,9-11H,5-8,12-13H2,1-2H3. The van der Waals surface area contributed by atoms with E-state index in [9.17, 15) is 9.59 Å². The molecule has 0 bridgehead atoms. The van der Waals surface area contributed by atoms with Crippen molar-refractivity contribution in [1.82, 2.24) is 9.80 Å². The number of amides is 2. The van der Waals surface area contributed by atoms with Crippen LogP contribution in [0.1, 0.15) is 21.5 Å². The summed E-state index contributed by atoms with van der Waals surface area (Å²) in [7, 11) is 0.